The molecule has 15 heavy (non-hydrogen) atoms. The summed E-state index contributed by atoms with van der Waals surface area (Å²) < 4.78 is 6.02. The molecule has 0 fully saturated rings. The number of ether oxygens (including phenoxy) is 1. The molecular weight excluding hydrogens is 258 g/mol. The fourth-order valence-electron chi connectivity index (χ4n) is 1.57. The SMILES string of the molecule is COc1c(Br)ccc2c1N=CC(C)C2=O. The Kier molecular flexibility index (Phi) is 2.61. The Bertz CT molecular complexity index is 454. The molecule has 0 saturated heterocycles. The minimum absolute atomic E-state index is 0.0887. The van der Waals surface area contributed by atoms with Crippen LogP contribution in [0, 0.1) is 5.92 Å². The molecule has 2 rings (SSSR count). The summed E-state index contributed by atoms with van der Waals surface area (Å²) in [4.78, 5) is 16.1. The first-order valence-corrected chi connectivity index (χ1v) is 5.39. The van der Waals surface area contributed by atoms with Gasteiger partial charge < -0.3 is 4.74 Å². The van der Waals surface area contributed by atoms with Crippen LogP contribution in [0.2, 0.25) is 0 Å². The predicted molar refractivity (Wildman–Crippen MR) is 62.3 cm³/mol. The molecule has 1 unspecified atom stereocenters. The van der Waals surface area contributed by atoms with Crippen LogP contribution in [-0.2, 0) is 0 Å². The van der Waals surface area contributed by atoms with Crippen molar-refractivity contribution in [3.63, 3.8) is 0 Å². The molecule has 1 atom stereocenters. The van der Waals surface area contributed by atoms with Crippen molar-refractivity contribution in [3.8, 4) is 5.75 Å². The van der Waals surface area contributed by atoms with E-state index in [1.54, 1.807) is 19.4 Å². The number of Topliss-reactive ketones (excluding diaryl/α,β-unsaturated/α-hetero) is 1. The Balaban J connectivity index is 2.67. The first-order valence-electron chi connectivity index (χ1n) is 4.60. The van der Waals surface area contributed by atoms with Gasteiger partial charge in [0.05, 0.1) is 17.5 Å². The zero-order chi connectivity index (χ0) is 11.0. The molecule has 1 aliphatic rings. The Morgan fingerprint density at radius 2 is 2.20 bits per heavy atom. The standard InChI is InChI=1S/C11H10BrNO2/c1-6-5-13-9-7(10(6)14)3-4-8(12)11(9)15-2/h3-6H,1-2H3. The van der Waals surface area contributed by atoms with Crippen LogP contribution < -0.4 is 4.74 Å². The Morgan fingerprint density at radius 1 is 1.47 bits per heavy atom. The van der Waals surface area contributed by atoms with Gasteiger partial charge in [0.15, 0.2) is 11.5 Å². The van der Waals surface area contributed by atoms with E-state index in [-0.39, 0.29) is 11.7 Å². The zero-order valence-electron chi connectivity index (χ0n) is 8.45. The summed E-state index contributed by atoms with van der Waals surface area (Å²) in [7, 11) is 1.57. The number of hydrogen-bond acceptors (Lipinski definition) is 3. The van der Waals surface area contributed by atoms with Gasteiger partial charge in [-0.1, -0.05) is 6.92 Å². The topological polar surface area (TPSA) is 38.7 Å². The van der Waals surface area contributed by atoms with Gasteiger partial charge in [0.2, 0.25) is 0 Å². The van der Waals surface area contributed by atoms with Crippen LogP contribution in [0.4, 0.5) is 5.69 Å². The van der Waals surface area contributed by atoms with Crippen LogP contribution in [0.15, 0.2) is 21.6 Å². The Hall–Kier alpha value is -1.16. The molecular formula is C11H10BrNO2. The average Bonchev–Trinajstić information content (AvgIpc) is 2.23. The summed E-state index contributed by atoms with van der Waals surface area (Å²) in [5.74, 6) is 0.554. The second kappa shape index (κ2) is 3.77. The zero-order valence-corrected chi connectivity index (χ0v) is 10.0. The molecule has 1 aromatic carbocycles. The number of benzene rings is 1. The van der Waals surface area contributed by atoms with Crippen LogP contribution in [0.3, 0.4) is 0 Å². The van der Waals surface area contributed by atoms with Crippen molar-refractivity contribution < 1.29 is 9.53 Å². The normalized spacial score (nSPS) is 18.9. The van der Waals surface area contributed by atoms with Crippen LogP contribution in [0.1, 0.15) is 17.3 Å². The number of carbonyl (C=O) groups excluding carboxylic acids is 1. The Labute approximate surface area is 96.3 Å². The number of nitrogens with zero attached hydrogens (tertiary/aromatic N) is 1. The molecule has 1 heterocycles. The molecule has 78 valence electrons. The lowest BCUT2D eigenvalue weighted by molar-refractivity contribution is 0.0962. The summed E-state index contributed by atoms with van der Waals surface area (Å²) in [5, 5.41) is 0. The van der Waals surface area contributed by atoms with Crippen LogP contribution >= 0.6 is 15.9 Å². The van der Waals surface area contributed by atoms with Gasteiger partial charge >= 0.3 is 0 Å². The predicted octanol–water partition coefficient (Wildman–Crippen LogP) is 2.99. The number of rotatable bonds is 1. The molecule has 0 radical (unpaired) electrons. The summed E-state index contributed by atoms with van der Waals surface area (Å²) in [5.41, 5.74) is 1.25. The molecule has 0 bridgehead atoms. The largest absolute Gasteiger partial charge is 0.493 e. The monoisotopic (exact) mass is 267 g/mol. The van der Waals surface area contributed by atoms with Crippen LogP contribution in [-0.4, -0.2) is 19.1 Å². The fourth-order valence-corrected chi connectivity index (χ4v) is 2.05. The van der Waals surface area contributed by atoms with Crippen molar-refractivity contribution >= 4 is 33.6 Å². The van der Waals surface area contributed by atoms with Gasteiger partial charge in [0.1, 0.15) is 5.69 Å². The van der Waals surface area contributed by atoms with E-state index in [1.165, 1.54) is 0 Å². The number of aliphatic imine (C=N–C) groups is 1. The second-order valence-electron chi connectivity index (χ2n) is 3.41. The van der Waals surface area contributed by atoms with Crippen LogP contribution in [0.5, 0.6) is 5.75 Å². The van der Waals surface area contributed by atoms with Gasteiger partial charge in [-0.05, 0) is 28.1 Å². The minimum Gasteiger partial charge on any atom is -0.493 e. The van der Waals surface area contributed by atoms with E-state index in [9.17, 15) is 4.79 Å². The van der Waals surface area contributed by atoms with Crippen LogP contribution in [0.25, 0.3) is 0 Å². The van der Waals surface area contributed by atoms with E-state index in [1.807, 2.05) is 13.0 Å². The lowest BCUT2D eigenvalue weighted by Gasteiger charge is -2.16. The van der Waals surface area contributed by atoms with E-state index in [0.29, 0.717) is 17.0 Å². The lowest BCUT2D eigenvalue weighted by Crippen LogP contribution is -2.16. The van der Waals surface area contributed by atoms with E-state index < -0.39 is 0 Å². The van der Waals surface area contributed by atoms with E-state index >= 15 is 0 Å². The van der Waals surface area contributed by atoms with Gasteiger partial charge in [-0.15, -0.1) is 0 Å². The number of carbonyl (C=O) groups is 1. The maximum atomic E-state index is 11.8. The molecule has 1 aromatic rings. The molecule has 0 N–H and O–H groups in total. The highest BCUT2D eigenvalue weighted by atomic mass is 79.9. The fraction of sp³-hybridized carbons (Fsp3) is 0.273. The summed E-state index contributed by atoms with van der Waals surface area (Å²) >= 11 is 3.36. The number of halogens is 1. The lowest BCUT2D eigenvalue weighted by atomic mass is 9.96. The highest BCUT2D eigenvalue weighted by molar-refractivity contribution is 9.10. The van der Waals surface area contributed by atoms with Gasteiger partial charge in [-0.3, -0.25) is 9.79 Å². The van der Waals surface area contributed by atoms with Crippen molar-refractivity contribution in [1.82, 2.24) is 0 Å². The van der Waals surface area contributed by atoms with Crippen molar-refractivity contribution in [3.05, 3.63) is 22.2 Å². The maximum absolute atomic E-state index is 11.8. The molecule has 0 amide bonds. The summed E-state index contributed by atoms with van der Waals surface area (Å²) in [6.45, 7) is 1.84. The van der Waals surface area contributed by atoms with E-state index in [0.717, 1.165) is 4.47 Å². The third-order valence-corrected chi connectivity index (χ3v) is 3.02. The first kappa shape index (κ1) is 10.4. The molecule has 0 aliphatic carbocycles. The number of methoxy groups -OCH3 is 1. The van der Waals surface area contributed by atoms with Gasteiger partial charge in [-0.25, -0.2) is 0 Å². The van der Waals surface area contributed by atoms with Crippen molar-refractivity contribution in [2.75, 3.05) is 7.11 Å². The van der Waals surface area contributed by atoms with E-state index in [2.05, 4.69) is 20.9 Å². The third-order valence-electron chi connectivity index (χ3n) is 2.39. The van der Waals surface area contributed by atoms with Gasteiger partial charge in [0, 0.05) is 11.8 Å². The number of ketones is 1. The second-order valence-corrected chi connectivity index (χ2v) is 4.26. The van der Waals surface area contributed by atoms with Gasteiger partial charge in [-0.2, -0.15) is 0 Å². The molecule has 0 aromatic heterocycles. The van der Waals surface area contributed by atoms with Crippen molar-refractivity contribution in [2.24, 2.45) is 10.9 Å². The number of fused-ring (bicyclic) bond motifs is 1. The molecule has 0 spiro atoms. The molecule has 0 saturated carbocycles. The number of hydrogen-bond donors (Lipinski definition) is 0. The van der Waals surface area contributed by atoms with Crippen molar-refractivity contribution in [2.45, 2.75) is 6.92 Å². The highest BCUT2D eigenvalue weighted by Gasteiger charge is 2.24. The third kappa shape index (κ3) is 1.59. The maximum Gasteiger partial charge on any atom is 0.173 e. The average molecular weight is 268 g/mol. The molecule has 4 heteroatoms. The minimum atomic E-state index is -0.150. The Morgan fingerprint density at radius 3 is 2.87 bits per heavy atom. The molecule has 1 aliphatic heterocycles. The molecule has 3 nitrogen and oxygen atoms in total. The summed E-state index contributed by atoms with van der Waals surface area (Å²) in [6.07, 6.45) is 1.65. The quantitative estimate of drug-likeness (QED) is 0.785. The highest BCUT2D eigenvalue weighted by Crippen LogP contribution is 2.40. The van der Waals surface area contributed by atoms with E-state index in [4.69, 9.17) is 4.74 Å². The van der Waals surface area contributed by atoms with Gasteiger partial charge in [0.25, 0.3) is 0 Å². The summed E-state index contributed by atoms with van der Waals surface area (Å²) in [6, 6.07) is 3.58. The first-order chi connectivity index (χ1) is 7.15. The smallest absolute Gasteiger partial charge is 0.173 e. The van der Waals surface area contributed by atoms with Crippen molar-refractivity contribution in [1.29, 1.82) is 0 Å².